The number of urea groups is 1. The summed E-state index contributed by atoms with van der Waals surface area (Å²) in [5, 5.41) is 6.40. The van der Waals surface area contributed by atoms with Crippen LogP contribution in [-0.2, 0) is 9.53 Å². The van der Waals surface area contributed by atoms with Gasteiger partial charge in [-0.25, -0.2) is 4.79 Å². The fourth-order valence-electron chi connectivity index (χ4n) is 2.13. The zero-order valence-electron chi connectivity index (χ0n) is 13.6. The number of furan rings is 1. The molecule has 23 heavy (non-hydrogen) atoms. The number of carbonyl (C=O) groups is 2. The topological polar surface area (TPSA) is 80.6 Å². The van der Waals surface area contributed by atoms with Crippen LogP contribution in [0, 0.1) is 0 Å². The van der Waals surface area contributed by atoms with E-state index in [1.54, 1.807) is 13.8 Å². The maximum absolute atomic E-state index is 11.8. The van der Waals surface area contributed by atoms with E-state index in [0.717, 1.165) is 11.0 Å². The quantitative estimate of drug-likeness (QED) is 0.802. The van der Waals surface area contributed by atoms with Crippen molar-refractivity contribution in [3.05, 3.63) is 36.1 Å². The summed E-state index contributed by atoms with van der Waals surface area (Å²) in [5.41, 5.74) is 0.785. The normalized spacial score (nSPS) is 12.2. The van der Waals surface area contributed by atoms with Crippen molar-refractivity contribution in [1.82, 2.24) is 10.6 Å². The Morgan fingerprint density at radius 1 is 1.22 bits per heavy atom. The van der Waals surface area contributed by atoms with Crippen LogP contribution in [0.2, 0.25) is 0 Å². The summed E-state index contributed by atoms with van der Waals surface area (Å²) in [6, 6.07) is 8.95. The highest BCUT2D eigenvalue weighted by atomic mass is 16.5. The molecule has 0 aliphatic rings. The number of hydrogen-bond donors (Lipinski definition) is 2. The van der Waals surface area contributed by atoms with E-state index in [1.165, 1.54) is 0 Å². The van der Waals surface area contributed by atoms with Gasteiger partial charge in [-0.05, 0) is 32.9 Å². The zero-order chi connectivity index (χ0) is 16.8. The minimum atomic E-state index is -0.352. The lowest BCUT2D eigenvalue weighted by molar-refractivity contribution is -0.147. The van der Waals surface area contributed by atoms with Crippen LogP contribution in [-0.4, -0.2) is 24.6 Å². The molecule has 0 unspecified atom stereocenters. The summed E-state index contributed by atoms with van der Waals surface area (Å²) in [6.45, 7) is 5.63. The number of carbonyl (C=O) groups excluding carboxylic acids is 2. The van der Waals surface area contributed by atoms with Gasteiger partial charge in [0, 0.05) is 11.9 Å². The van der Waals surface area contributed by atoms with Crippen molar-refractivity contribution in [2.45, 2.75) is 39.3 Å². The van der Waals surface area contributed by atoms with Crippen LogP contribution in [0.5, 0.6) is 0 Å². The van der Waals surface area contributed by atoms with Crippen molar-refractivity contribution in [2.75, 3.05) is 6.54 Å². The van der Waals surface area contributed by atoms with Crippen LogP contribution in [0.1, 0.15) is 39.0 Å². The second-order valence-electron chi connectivity index (χ2n) is 5.60. The zero-order valence-corrected chi connectivity index (χ0v) is 13.6. The summed E-state index contributed by atoms with van der Waals surface area (Å²) in [4.78, 5) is 23.2. The minimum absolute atomic E-state index is 0.143. The molecular formula is C17H22N2O4. The summed E-state index contributed by atoms with van der Waals surface area (Å²) < 4.78 is 10.7. The maximum atomic E-state index is 11.8. The Balaban J connectivity index is 1.79. The number of ether oxygens (including phenoxy) is 1. The van der Waals surface area contributed by atoms with Crippen LogP contribution in [0.25, 0.3) is 11.0 Å². The van der Waals surface area contributed by atoms with Crippen LogP contribution < -0.4 is 10.6 Å². The Morgan fingerprint density at radius 3 is 2.65 bits per heavy atom. The number of hydrogen-bond acceptors (Lipinski definition) is 4. The molecule has 0 spiro atoms. The molecule has 2 N–H and O–H groups in total. The van der Waals surface area contributed by atoms with Crippen molar-refractivity contribution in [3.63, 3.8) is 0 Å². The monoisotopic (exact) mass is 318 g/mol. The Hall–Kier alpha value is -2.50. The van der Waals surface area contributed by atoms with E-state index in [1.807, 2.05) is 37.3 Å². The molecule has 1 aromatic carbocycles. The predicted octanol–water partition coefficient (Wildman–Crippen LogP) is 3.13. The van der Waals surface area contributed by atoms with Gasteiger partial charge < -0.3 is 19.8 Å². The first kappa shape index (κ1) is 16.9. The highest BCUT2D eigenvalue weighted by Gasteiger charge is 2.14. The number of para-hydroxylation sites is 1. The molecule has 1 heterocycles. The highest BCUT2D eigenvalue weighted by molar-refractivity contribution is 5.79. The minimum Gasteiger partial charge on any atom is -0.463 e. The molecule has 0 bridgehead atoms. The Morgan fingerprint density at radius 2 is 1.96 bits per heavy atom. The number of benzene rings is 1. The van der Waals surface area contributed by atoms with Gasteiger partial charge in [-0.3, -0.25) is 4.79 Å². The SMILES string of the molecule is CC(C)OC(=O)CCNC(=O)N[C@@H](C)c1cc2ccccc2o1. The van der Waals surface area contributed by atoms with E-state index >= 15 is 0 Å². The molecule has 2 amide bonds. The van der Waals surface area contributed by atoms with E-state index in [0.29, 0.717) is 5.76 Å². The maximum Gasteiger partial charge on any atom is 0.315 e. The molecule has 0 saturated heterocycles. The van der Waals surface area contributed by atoms with E-state index in [2.05, 4.69) is 10.6 Å². The number of rotatable bonds is 6. The summed E-state index contributed by atoms with van der Waals surface area (Å²) in [5.74, 6) is 0.353. The third-order valence-corrected chi connectivity index (χ3v) is 3.20. The Bertz CT molecular complexity index is 645. The molecule has 0 radical (unpaired) electrons. The molecule has 6 heteroatoms. The van der Waals surface area contributed by atoms with Gasteiger partial charge in [-0.15, -0.1) is 0 Å². The standard InChI is InChI=1S/C17H22N2O4/c1-11(2)22-16(20)8-9-18-17(21)19-12(3)15-10-13-6-4-5-7-14(13)23-15/h4-7,10-12H,8-9H2,1-3H3,(H2,18,19,21)/t12-/m0/s1. The van der Waals surface area contributed by atoms with Crippen molar-refractivity contribution in [3.8, 4) is 0 Å². The lowest BCUT2D eigenvalue weighted by Crippen LogP contribution is -2.38. The van der Waals surface area contributed by atoms with Crippen LogP contribution in [0.15, 0.2) is 34.7 Å². The van der Waals surface area contributed by atoms with Gasteiger partial charge in [0.2, 0.25) is 0 Å². The average Bonchev–Trinajstić information content (AvgIpc) is 2.90. The lowest BCUT2D eigenvalue weighted by Gasteiger charge is -2.12. The smallest absolute Gasteiger partial charge is 0.315 e. The van der Waals surface area contributed by atoms with Gasteiger partial charge >= 0.3 is 12.0 Å². The van der Waals surface area contributed by atoms with Crippen LogP contribution >= 0.6 is 0 Å². The average molecular weight is 318 g/mol. The molecule has 1 aromatic heterocycles. The fourth-order valence-corrected chi connectivity index (χ4v) is 2.13. The summed E-state index contributed by atoms with van der Waals surface area (Å²) >= 11 is 0. The fraction of sp³-hybridized carbons (Fsp3) is 0.412. The van der Waals surface area contributed by atoms with E-state index < -0.39 is 0 Å². The number of fused-ring (bicyclic) bond motifs is 1. The lowest BCUT2D eigenvalue weighted by atomic mass is 10.2. The van der Waals surface area contributed by atoms with Crippen molar-refractivity contribution in [1.29, 1.82) is 0 Å². The Kier molecular flexibility index (Phi) is 5.62. The third-order valence-electron chi connectivity index (χ3n) is 3.20. The molecule has 2 rings (SSSR count). The van der Waals surface area contributed by atoms with Crippen LogP contribution in [0.3, 0.4) is 0 Å². The first-order chi connectivity index (χ1) is 11.0. The number of amides is 2. The molecule has 2 aromatic rings. The first-order valence-electron chi connectivity index (χ1n) is 7.68. The summed E-state index contributed by atoms with van der Waals surface area (Å²) in [6.07, 6.45) is -0.00520. The molecule has 0 saturated carbocycles. The molecule has 0 aliphatic carbocycles. The first-order valence-corrected chi connectivity index (χ1v) is 7.68. The van der Waals surface area contributed by atoms with Crippen LogP contribution in [0.4, 0.5) is 4.79 Å². The molecule has 6 nitrogen and oxygen atoms in total. The second-order valence-corrected chi connectivity index (χ2v) is 5.60. The number of nitrogens with one attached hydrogen (secondary N) is 2. The van der Waals surface area contributed by atoms with Gasteiger partial charge in [-0.2, -0.15) is 0 Å². The second kappa shape index (κ2) is 7.67. The molecular weight excluding hydrogens is 296 g/mol. The molecule has 1 atom stereocenters. The van der Waals surface area contributed by atoms with Gasteiger partial charge in [0.15, 0.2) is 0 Å². The van der Waals surface area contributed by atoms with E-state index in [9.17, 15) is 9.59 Å². The van der Waals surface area contributed by atoms with Crippen molar-refractivity contribution < 1.29 is 18.7 Å². The molecule has 0 aliphatic heterocycles. The summed E-state index contributed by atoms with van der Waals surface area (Å²) in [7, 11) is 0. The largest absolute Gasteiger partial charge is 0.463 e. The highest BCUT2D eigenvalue weighted by Crippen LogP contribution is 2.23. The van der Waals surface area contributed by atoms with E-state index in [-0.39, 0.29) is 37.1 Å². The van der Waals surface area contributed by atoms with E-state index in [4.69, 9.17) is 9.15 Å². The Labute approximate surface area is 135 Å². The van der Waals surface area contributed by atoms with Gasteiger partial charge in [0.25, 0.3) is 0 Å². The van der Waals surface area contributed by atoms with Crippen molar-refractivity contribution >= 4 is 23.0 Å². The van der Waals surface area contributed by atoms with Gasteiger partial charge in [0.05, 0.1) is 18.6 Å². The van der Waals surface area contributed by atoms with Crippen molar-refractivity contribution in [2.24, 2.45) is 0 Å². The predicted molar refractivity (Wildman–Crippen MR) is 87.0 cm³/mol. The molecule has 124 valence electrons. The molecule has 0 fully saturated rings. The van der Waals surface area contributed by atoms with Gasteiger partial charge in [-0.1, -0.05) is 18.2 Å². The number of esters is 1. The third kappa shape index (κ3) is 5.02. The van der Waals surface area contributed by atoms with Gasteiger partial charge in [0.1, 0.15) is 11.3 Å².